The minimum atomic E-state index is -4.41. The first-order valence-electron chi connectivity index (χ1n) is 6.59. The SMILES string of the molecule is CCC(CC(F)F)(c1ccc(C(F)(F)F)cc1)C(C)C. The minimum absolute atomic E-state index is 0.0850. The van der Waals surface area contributed by atoms with Crippen molar-refractivity contribution < 1.29 is 22.0 Å². The fraction of sp³-hybridized carbons (Fsp3) is 0.600. The van der Waals surface area contributed by atoms with Crippen LogP contribution in [-0.4, -0.2) is 6.43 Å². The van der Waals surface area contributed by atoms with Crippen molar-refractivity contribution in [1.82, 2.24) is 0 Å². The standard InChI is InChI=1S/C15H19F5/c1-4-14(10(2)3,9-13(16)17)11-5-7-12(8-6-11)15(18,19)20/h5-8,10,13H,4,9H2,1-3H3. The Morgan fingerprint density at radius 2 is 1.40 bits per heavy atom. The van der Waals surface area contributed by atoms with Crippen LogP contribution in [0.25, 0.3) is 0 Å². The molecule has 1 rings (SSSR count). The van der Waals surface area contributed by atoms with E-state index in [4.69, 9.17) is 0 Å². The molecule has 0 nitrogen and oxygen atoms in total. The number of benzene rings is 1. The van der Waals surface area contributed by atoms with Crippen molar-refractivity contribution in [2.75, 3.05) is 0 Å². The van der Waals surface area contributed by atoms with Crippen LogP contribution >= 0.6 is 0 Å². The molecule has 0 spiro atoms. The van der Waals surface area contributed by atoms with E-state index in [0.717, 1.165) is 12.1 Å². The van der Waals surface area contributed by atoms with Crippen LogP contribution in [0.4, 0.5) is 22.0 Å². The highest BCUT2D eigenvalue weighted by atomic mass is 19.4. The summed E-state index contributed by atoms with van der Waals surface area (Å²) in [5.41, 5.74) is -1.01. The molecule has 0 aromatic heterocycles. The Balaban J connectivity index is 3.21. The zero-order chi connectivity index (χ0) is 15.6. The lowest BCUT2D eigenvalue weighted by molar-refractivity contribution is -0.137. The van der Waals surface area contributed by atoms with Gasteiger partial charge in [0.25, 0.3) is 0 Å². The lowest BCUT2D eigenvalue weighted by Crippen LogP contribution is -2.34. The van der Waals surface area contributed by atoms with Crippen LogP contribution in [0.5, 0.6) is 0 Å². The summed E-state index contributed by atoms with van der Waals surface area (Å²) in [5.74, 6) is -0.0850. The lowest BCUT2D eigenvalue weighted by Gasteiger charge is -2.37. The molecule has 0 fully saturated rings. The molecule has 0 aliphatic rings. The Labute approximate surface area is 116 Å². The fourth-order valence-electron chi connectivity index (χ4n) is 2.71. The van der Waals surface area contributed by atoms with Gasteiger partial charge in [-0.05, 0) is 30.0 Å². The Morgan fingerprint density at radius 1 is 0.950 bits per heavy atom. The highest BCUT2D eigenvalue weighted by Gasteiger charge is 2.37. The van der Waals surface area contributed by atoms with Gasteiger partial charge in [-0.25, -0.2) is 8.78 Å². The van der Waals surface area contributed by atoms with E-state index in [0.29, 0.717) is 12.0 Å². The highest BCUT2D eigenvalue weighted by Crippen LogP contribution is 2.41. The molecule has 0 bridgehead atoms. The van der Waals surface area contributed by atoms with Gasteiger partial charge in [0.05, 0.1) is 5.56 Å². The van der Waals surface area contributed by atoms with Crippen LogP contribution in [0.1, 0.15) is 44.7 Å². The van der Waals surface area contributed by atoms with Crippen molar-refractivity contribution in [2.45, 2.75) is 51.6 Å². The monoisotopic (exact) mass is 294 g/mol. The van der Waals surface area contributed by atoms with E-state index >= 15 is 0 Å². The van der Waals surface area contributed by atoms with Crippen LogP contribution < -0.4 is 0 Å². The van der Waals surface area contributed by atoms with Crippen molar-refractivity contribution in [3.63, 3.8) is 0 Å². The summed E-state index contributed by atoms with van der Waals surface area (Å²) in [6.45, 7) is 5.44. The summed E-state index contributed by atoms with van der Waals surface area (Å²) < 4.78 is 63.3. The van der Waals surface area contributed by atoms with Gasteiger partial charge in [0.15, 0.2) is 0 Å². The van der Waals surface area contributed by atoms with Crippen molar-refractivity contribution in [3.8, 4) is 0 Å². The Hall–Kier alpha value is -1.13. The van der Waals surface area contributed by atoms with Crippen LogP contribution in [-0.2, 0) is 11.6 Å². The lowest BCUT2D eigenvalue weighted by atomic mass is 9.67. The smallest absolute Gasteiger partial charge is 0.211 e. The number of hydrogen-bond acceptors (Lipinski definition) is 0. The third-order valence-corrected chi connectivity index (χ3v) is 4.04. The third kappa shape index (κ3) is 3.49. The zero-order valence-electron chi connectivity index (χ0n) is 11.8. The molecule has 0 saturated carbocycles. The molecule has 5 heteroatoms. The van der Waals surface area contributed by atoms with E-state index in [1.807, 2.05) is 13.8 Å². The van der Waals surface area contributed by atoms with Crippen LogP contribution in [0, 0.1) is 5.92 Å². The predicted octanol–water partition coefficient (Wildman–Crippen LogP) is 5.66. The fourth-order valence-corrected chi connectivity index (χ4v) is 2.71. The van der Waals surface area contributed by atoms with Crippen LogP contribution in [0.3, 0.4) is 0 Å². The predicted molar refractivity (Wildman–Crippen MR) is 68.9 cm³/mol. The van der Waals surface area contributed by atoms with E-state index in [-0.39, 0.29) is 12.3 Å². The number of hydrogen-bond donors (Lipinski definition) is 0. The van der Waals surface area contributed by atoms with E-state index in [1.54, 1.807) is 6.92 Å². The highest BCUT2D eigenvalue weighted by molar-refractivity contribution is 5.31. The van der Waals surface area contributed by atoms with Gasteiger partial charge in [-0.2, -0.15) is 13.2 Å². The summed E-state index contributed by atoms with van der Waals surface area (Å²) in [5, 5.41) is 0. The number of alkyl halides is 5. The molecule has 1 unspecified atom stereocenters. The molecule has 1 aromatic carbocycles. The molecular formula is C15H19F5. The normalized spacial score (nSPS) is 15.7. The molecule has 1 aromatic rings. The van der Waals surface area contributed by atoms with Crippen molar-refractivity contribution in [2.24, 2.45) is 5.92 Å². The van der Waals surface area contributed by atoms with E-state index < -0.39 is 23.6 Å². The second-order valence-corrected chi connectivity index (χ2v) is 5.33. The van der Waals surface area contributed by atoms with E-state index in [2.05, 4.69) is 0 Å². The molecule has 0 aliphatic heterocycles. The van der Waals surface area contributed by atoms with Gasteiger partial charge in [0.1, 0.15) is 0 Å². The second-order valence-electron chi connectivity index (χ2n) is 5.33. The van der Waals surface area contributed by atoms with Gasteiger partial charge in [0.2, 0.25) is 6.43 Å². The van der Waals surface area contributed by atoms with Crippen LogP contribution in [0.2, 0.25) is 0 Å². The van der Waals surface area contributed by atoms with Gasteiger partial charge in [-0.15, -0.1) is 0 Å². The minimum Gasteiger partial charge on any atom is -0.211 e. The Morgan fingerprint density at radius 3 is 1.70 bits per heavy atom. The van der Waals surface area contributed by atoms with Gasteiger partial charge >= 0.3 is 6.18 Å². The third-order valence-electron chi connectivity index (χ3n) is 4.04. The average Bonchev–Trinajstić information content (AvgIpc) is 2.34. The number of halogens is 5. The van der Waals surface area contributed by atoms with Crippen molar-refractivity contribution in [1.29, 1.82) is 0 Å². The molecule has 0 radical (unpaired) electrons. The molecule has 0 amide bonds. The van der Waals surface area contributed by atoms with Crippen molar-refractivity contribution in [3.05, 3.63) is 35.4 Å². The maximum absolute atomic E-state index is 12.9. The molecule has 20 heavy (non-hydrogen) atoms. The molecular weight excluding hydrogens is 275 g/mol. The Bertz CT molecular complexity index is 419. The first-order valence-corrected chi connectivity index (χ1v) is 6.59. The summed E-state index contributed by atoms with van der Waals surface area (Å²) in [6, 6.07) is 4.59. The molecule has 0 N–H and O–H groups in total. The summed E-state index contributed by atoms with van der Waals surface area (Å²) >= 11 is 0. The maximum Gasteiger partial charge on any atom is 0.416 e. The van der Waals surface area contributed by atoms with Gasteiger partial charge < -0.3 is 0 Å². The van der Waals surface area contributed by atoms with Gasteiger partial charge in [-0.1, -0.05) is 32.9 Å². The average molecular weight is 294 g/mol. The molecule has 1 atom stereocenters. The van der Waals surface area contributed by atoms with E-state index in [1.165, 1.54) is 12.1 Å². The molecule has 0 aliphatic carbocycles. The first-order chi connectivity index (χ1) is 9.13. The largest absolute Gasteiger partial charge is 0.416 e. The van der Waals surface area contributed by atoms with Gasteiger partial charge in [0, 0.05) is 11.8 Å². The summed E-state index contributed by atoms with van der Waals surface area (Å²) in [4.78, 5) is 0. The molecule has 0 saturated heterocycles. The summed E-state index contributed by atoms with van der Waals surface area (Å²) in [7, 11) is 0. The first kappa shape index (κ1) is 16.9. The zero-order valence-corrected chi connectivity index (χ0v) is 11.8. The molecule has 0 heterocycles. The second kappa shape index (κ2) is 6.10. The summed E-state index contributed by atoms with van der Waals surface area (Å²) in [6.07, 6.45) is -6.78. The Kier molecular flexibility index (Phi) is 5.16. The van der Waals surface area contributed by atoms with E-state index in [9.17, 15) is 22.0 Å². The quantitative estimate of drug-likeness (QED) is 0.614. The number of rotatable bonds is 5. The van der Waals surface area contributed by atoms with Crippen molar-refractivity contribution >= 4 is 0 Å². The molecule has 114 valence electrons. The van der Waals surface area contributed by atoms with Gasteiger partial charge in [-0.3, -0.25) is 0 Å². The topological polar surface area (TPSA) is 0 Å². The maximum atomic E-state index is 12.9. The van der Waals surface area contributed by atoms with Crippen LogP contribution in [0.15, 0.2) is 24.3 Å².